The first kappa shape index (κ1) is 14.1. The third-order valence-corrected chi connectivity index (χ3v) is 3.00. The number of primary amides is 1. The van der Waals surface area contributed by atoms with Crippen molar-refractivity contribution in [3.63, 3.8) is 0 Å². The smallest absolute Gasteiger partial charge is 0.254 e. The lowest BCUT2D eigenvalue weighted by Gasteiger charge is -2.11. The minimum absolute atomic E-state index is 0.0389. The van der Waals surface area contributed by atoms with Crippen LogP contribution in [0.3, 0.4) is 0 Å². The third-order valence-electron chi connectivity index (χ3n) is 2.77. The highest BCUT2D eigenvalue weighted by atomic mass is 35.5. The van der Waals surface area contributed by atoms with Gasteiger partial charge in [-0.2, -0.15) is 0 Å². The Morgan fingerprint density at radius 2 is 2.05 bits per heavy atom. The summed E-state index contributed by atoms with van der Waals surface area (Å²) < 4.78 is 5.24. The molecule has 0 atom stereocenters. The van der Waals surface area contributed by atoms with Gasteiger partial charge in [0.05, 0.1) is 18.4 Å². The van der Waals surface area contributed by atoms with Crippen molar-refractivity contribution >= 4 is 23.3 Å². The van der Waals surface area contributed by atoms with Crippen LogP contribution in [0.5, 0.6) is 5.75 Å². The van der Waals surface area contributed by atoms with Gasteiger partial charge in [0.2, 0.25) is 0 Å². The SMILES string of the molecule is COc1cc(Cl)ccc1-c1nc(C)c(C(N)=O)c(N)n1. The molecule has 2 aromatic rings. The highest BCUT2D eigenvalue weighted by Gasteiger charge is 2.17. The maximum Gasteiger partial charge on any atom is 0.254 e. The Kier molecular flexibility index (Phi) is 3.76. The fourth-order valence-electron chi connectivity index (χ4n) is 1.87. The number of anilines is 1. The lowest BCUT2D eigenvalue weighted by atomic mass is 10.1. The Morgan fingerprint density at radius 1 is 1.35 bits per heavy atom. The van der Waals surface area contributed by atoms with Gasteiger partial charge in [0.1, 0.15) is 17.1 Å². The van der Waals surface area contributed by atoms with Crippen molar-refractivity contribution in [2.45, 2.75) is 6.92 Å². The number of hydrogen-bond donors (Lipinski definition) is 2. The monoisotopic (exact) mass is 292 g/mol. The van der Waals surface area contributed by atoms with Crippen LogP contribution in [0, 0.1) is 6.92 Å². The molecule has 104 valence electrons. The predicted molar refractivity (Wildman–Crippen MR) is 76.7 cm³/mol. The van der Waals surface area contributed by atoms with E-state index in [2.05, 4.69) is 9.97 Å². The van der Waals surface area contributed by atoms with Gasteiger partial charge in [-0.3, -0.25) is 4.79 Å². The molecule has 0 saturated carbocycles. The van der Waals surface area contributed by atoms with Crippen molar-refractivity contribution in [1.82, 2.24) is 9.97 Å². The zero-order valence-corrected chi connectivity index (χ0v) is 11.7. The van der Waals surface area contributed by atoms with Crippen LogP contribution >= 0.6 is 11.6 Å². The normalized spacial score (nSPS) is 10.3. The van der Waals surface area contributed by atoms with Crippen LogP contribution < -0.4 is 16.2 Å². The Bertz CT molecular complexity index is 665. The van der Waals surface area contributed by atoms with Crippen LogP contribution in [0.4, 0.5) is 5.82 Å². The molecule has 0 spiro atoms. The fourth-order valence-corrected chi connectivity index (χ4v) is 2.03. The Morgan fingerprint density at radius 3 is 2.60 bits per heavy atom. The van der Waals surface area contributed by atoms with Crippen molar-refractivity contribution in [1.29, 1.82) is 0 Å². The second kappa shape index (κ2) is 5.34. The molecule has 0 saturated heterocycles. The number of carbonyl (C=O) groups is 1. The molecule has 0 bridgehead atoms. The Labute approximate surface area is 120 Å². The van der Waals surface area contributed by atoms with E-state index >= 15 is 0 Å². The summed E-state index contributed by atoms with van der Waals surface area (Å²) >= 11 is 5.91. The lowest BCUT2D eigenvalue weighted by molar-refractivity contribution is 0.1000. The van der Waals surface area contributed by atoms with E-state index in [9.17, 15) is 4.79 Å². The van der Waals surface area contributed by atoms with Gasteiger partial charge in [0, 0.05) is 5.02 Å². The molecular formula is C13H13ClN4O2. The molecule has 4 N–H and O–H groups in total. The fraction of sp³-hybridized carbons (Fsp3) is 0.154. The van der Waals surface area contributed by atoms with Gasteiger partial charge in [0.25, 0.3) is 5.91 Å². The summed E-state index contributed by atoms with van der Waals surface area (Å²) in [7, 11) is 1.52. The number of ether oxygens (including phenoxy) is 1. The van der Waals surface area contributed by atoms with Crippen LogP contribution in [0.1, 0.15) is 16.1 Å². The first-order chi connectivity index (χ1) is 9.43. The molecule has 1 aromatic heterocycles. The summed E-state index contributed by atoms with van der Waals surface area (Å²) in [5.41, 5.74) is 12.2. The van der Waals surface area contributed by atoms with Crippen LogP contribution in [-0.4, -0.2) is 23.0 Å². The minimum atomic E-state index is -0.658. The molecule has 0 aliphatic heterocycles. The predicted octanol–water partition coefficient (Wildman–Crippen LogP) is 1.80. The number of hydrogen-bond acceptors (Lipinski definition) is 5. The first-order valence-corrected chi connectivity index (χ1v) is 6.09. The highest BCUT2D eigenvalue weighted by molar-refractivity contribution is 6.30. The molecule has 20 heavy (non-hydrogen) atoms. The number of nitrogens with zero attached hydrogens (tertiary/aromatic N) is 2. The van der Waals surface area contributed by atoms with Gasteiger partial charge < -0.3 is 16.2 Å². The summed E-state index contributed by atoms with van der Waals surface area (Å²) in [4.78, 5) is 19.6. The van der Waals surface area contributed by atoms with E-state index in [1.807, 2.05) is 0 Å². The van der Waals surface area contributed by atoms with Gasteiger partial charge in [-0.1, -0.05) is 11.6 Å². The summed E-state index contributed by atoms with van der Waals surface area (Å²) in [6.07, 6.45) is 0. The molecule has 0 radical (unpaired) electrons. The van der Waals surface area contributed by atoms with E-state index in [4.69, 9.17) is 27.8 Å². The van der Waals surface area contributed by atoms with Crippen LogP contribution in [0.2, 0.25) is 5.02 Å². The van der Waals surface area contributed by atoms with Crippen LogP contribution in [0.15, 0.2) is 18.2 Å². The van der Waals surface area contributed by atoms with Crippen molar-refractivity contribution in [2.24, 2.45) is 5.73 Å². The van der Waals surface area contributed by atoms with Gasteiger partial charge in [0.15, 0.2) is 5.82 Å². The third kappa shape index (κ3) is 2.50. The molecule has 1 amide bonds. The van der Waals surface area contributed by atoms with Crippen molar-refractivity contribution < 1.29 is 9.53 Å². The number of carbonyl (C=O) groups excluding carboxylic acids is 1. The lowest BCUT2D eigenvalue weighted by Crippen LogP contribution is -2.17. The maximum absolute atomic E-state index is 11.3. The van der Waals surface area contributed by atoms with Crippen LogP contribution in [0.25, 0.3) is 11.4 Å². The topological polar surface area (TPSA) is 104 Å². The minimum Gasteiger partial charge on any atom is -0.496 e. The Hall–Kier alpha value is -2.34. The number of nitrogens with two attached hydrogens (primary N) is 2. The molecule has 0 unspecified atom stereocenters. The number of methoxy groups -OCH3 is 1. The zero-order valence-electron chi connectivity index (χ0n) is 11.0. The van der Waals surface area contributed by atoms with E-state index in [0.717, 1.165) is 0 Å². The van der Waals surface area contributed by atoms with E-state index in [1.165, 1.54) is 7.11 Å². The van der Waals surface area contributed by atoms with Gasteiger partial charge in [-0.25, -0.2) is 9.97 Å². The first-order valence-electron chi connectivity index (χ1n) is 5.72. The average molecular weight is 293 g/mol. The van der Waals surface area contributed by atoms with Gasteiger partial charge >= 0.3 is 0 Å². The summed E-state index contributed by atoms with van der Waals surface area (Å²) in [6.45, 7) is 1.64. The molecule has 0 fully saturated rings. The van der Waals surface area contributed by atoms with Gasteiger partial charge in [-0.15, -0.1) is 0 Å². The quantitative estimate of drug-likeness (QED) is 0.897. The van der Waals surface area contributed by atoms with E-state index in [0.29, 0.717) is 27.9 Å². The van der Waals surface area contributed by atoms with Crippen molar-refractivity contribution in [3.8, 4) is 17.1 Å². The summed E-state index contributed by atoms with van der Waals surface area (Å²) in [5, 5.41) is 0.532. The maximum atomic E-state index is 11.3. The van der Waals surface area contributed by atoms with E-state index < -0.39 is 5.91 Å². The molecule has 7 heteroatoms. The molecule has 0 aliphatic carbocycles. The van der Waals surface area contributed by atoms with Gasteiger partial charge in [-0.05, 0) is 25.1 Å². The molecule has 0 aliphatic rings. The largest absolute Gasteiger partial charge is 0.496 e. The number of halogens is 1. The number of benzene rings is 1. The number of aromatic nitrogens is 2. The van der Waals surface area contributed by atoms with Crippen molar-refractivity contribution in [2.75, 3.05) is 12.8 Å². The molecule has 1 heterocycles. The van der Waals surface area contributed by atoms with E-state index in [1.54, 1.807) is 25.1 Å². The second-order valence-electron chi connectivity index (χ2n) is 4.10. The van der Waals surface area contributed by atoms with Crippen LogP contribution in [-0.2, 0) is 0 Å². The number of nitrogen functional groups attached to an aromatic ring is 1. The van der Waals surface area contributed by atoms with E-state index in [-0.39, 0.29) is 11.4 Å². The second-order valence-corrected chi connectivity index (χ2v) is 4.54. The highest BCUT2D eigenvalue weighted by Crippen LogP contribution is 2.31. The van der Waals surface area contributed by atoms with Crippen molar-refractivity contribution in [3.05, 3.63) is 34.5 Å². The molecule has 2 rings (SSSR count). The standard InChI is InChI=1S/C13H13ClN4O2/c1-6-10(12(16)19)11(15)18-13(17-6)8-4-3-7(14)5-9(8)20-2/h3-5H,1-2H3,(H2,16,19)(H2,15,17,18). The molecule has 6 nitrogen and oxygen atoms in total. The number of rotatable bonds is 3. The summed E-state index contributed by atoms with van der Waals surface area (Å²) in [6, 6.07) is 5.06. The molecule has 1 aromatic carbocycles. The number of aryl methyl sites for hydroxylation is 1. The zero-order chi connectivity index (χ0) is 14.9. The average Bonchev–Trinajstić information content (AvgIpc) is 2.37. The molecular weight excluding hydrogens is 280 g/mol. The summed E-state index contributed by atoms with van der Waals surface area (Å²) in [5.74, 6) is 0.244. The number of amides is 1. The Balaban J connectivity index is 2.63.